The van der Waals surface area contributed by atoms with E-state index in [1.165, 1.54) is 7.05 Å². The topological polar surface area (TPSA) is 29.1 Å². The van der Waals surface area contributed by atoms with Crippen LogP contribution >= 0.6 is 0 Å². The Kier molecular flexibility index (Phi) is 3.11. The maximum absolute atomic E-state index is 12.9. The lowest BCUT2D eigenvalue weighted by Crippen LogP contribution is -2.18. The first kappa shape index (κ1) is 10.6. The van der Waals surface area contributed by atoms with E-state index in [0.29, 0.717) is 0 Å². The molecule has 0 fully saturated rings. The number of benzene rings is 1. The van der Waals surface area contributed by atoms with Gasteiger partial charge in [0.2, 0.25) is 0 Å². The fraction of sp³-hybridized carbons (Fsp3) is 0.222. The quantitative estimate of drug-likeness (QED) is 0.783. The lowest BCUT2D eigenvalue weighted by molar-refractivity contribution is 0.0961. The second-order valence-electron chi connectivity index (χ2n) is 2.62. The standard InChI is InChI=1S/C9H8F3NO/c1-13-9(14)5-2-3-6(8(11)12)7(10)4-5/h2-4,8H,1H3,(H,13,14). The first-order valence-electron chi connectivity index (χ1n) is 3.86. The van der Waals surface area contributed by atoms with E-state index in [1.807, 2.05) is 0 Å². The number of alkyl halides is 2. The number of halogens is 3. The van der Waals surface area contributed by atoms with Crippen LogP contribution in [0.1, 0.15) is 22.3 Å². The molecule has 0 atom stereocenters. The molecule has 1 amide bonds. The number of hydrogen-bond donors (Lipinski definition) is 1. The van der Waals surface area contributed by atoms with Crippen LogP contribution in [-0.2, 0) is 0 Å². The molecule has 1 aromatic carbocycles. The lowest BCUT2D eigenvalue weighted by atomic mass is 10.1. The van der Waals surface area contributed by atoms with Crippen LogP contribution in [0.4, 0.5) is 13.2 Å². The monoisotopic (exact) mass is 203 g/mol. The van der Waals surface area contributed by atoms with Gasteiger partial charge in [-0.1, -0.05) is 0 Å². The number of carbonyl (C=O) groups is 1. The van der Waals surface area contributed by atoms with Crippen molar-refractivity contribution < 1.29 is 18.0 Å². The predicted octanol–water partition coefficient (Wildman–Crippen LogP) is 2.12. The van der Waals surface area contributed by atoms with E-state index in [9.17, 15) is 18.0 Å². The van der Waals surface area contributed by atoms with Crippen molar-refractivity contribution in [2.24, 2.45) is 0 Å². The molecule has 0 heterocycles. The zero-order valence-electron chi connectivity index (χ0n) is 7.35. The molecule has 0 aliphatic heterocycles. The van der Waals surface area contributed by atoms with E-state index in [2.05, 4.69) is 5.32 Å². The summed E-state index contributed by atoms with van der Waals surface area (Å²) in [6.07, 6.45) is -2.87. The van der Waals surface area contributed by atoms with Gasteiger partial charge < -0.3 is 5.32 Å². The summed E-state index contributed by atoms with van der Waals surface area (Å²) in [6.45, 7) is 0. The van der Waals surface area contributed by atoms with Crippen molar-refractivity contribution in [2.75, 3.05) is 7.05 Å². The Hall–Kier alpha value is -1.52. The molecule has 0 bridgehead atoms. The summed E-state index contributed by atoms with van der Waals surface area (Å²) in [4.78, 5) is 11.0. The highest BCUT2D eigenvalue weighted by molar-refractivity contribution is 5.94. The Labute approximate surface area is 78.7 Å². The summed E-state index contributed by atoms with van der Waals surface area (Å²) in [7, 11) is 1.38. The molecule has 0 saturated heterocycles. The van der Waals surface area contributed by atoms with Gasteiger partial charge in [-0.25, -0.2) is 13.2 Å². The van der Waals surface area contributed by atoms with Crippen molar-refractivity contribution >= 4 is 5.91 Å². The predicted molar refractivity (Wildman–Crippen MR) is 44.7 cm³/mol. The zero-order chi connectivity index (χ0) is 10.7. The number of carbonyl (C=O) groups excluding carboxylic acids is 1. The van der Waals surface area contributed by atoms with E-state index in [0.717, 1.165) is 18.2 Å². The Morgan fingerprint density at radius 2 is 2.07 bits per heavy atom. The highest BCUT2D eigenvalue weighted by atomic mass is 19.3. The molecule has 0 radical (unpaired) electrons. The number of nitrogens with one attached hydrogen (secondary N) is 1. The van der Waals surface area contributed by atoms with Crippen molar-refractivity contribution in [1.29, 1.82) is 0 Å². The Balaban J connectivity index is 3.06. The fourth-order valence-corrected chi connectivity index (χ4v) is 0.990. The van der Waals surface area contributed by atoms with Crippen LogP contribution in [0, 0.1) is 5.82 Å². The van der Waals surface area contributed by atoms with Crippen molar-refractivity contribution in [3.8, 4) is 0 Å². The molecule has 2 nitrogen and oxygen atoms in total. The van der Waals surface area contributed by atoms with E-state index in [4.69, 9.17) is 0 Å². The summed E-state index contributed by atoms with van der Waals surface area (Å²) in [5.41, 5.74) is -0.674. The van der Waals surface area contributed by atoms with Crippen LogP contribution in [0.2, 0.25) is 0 Å². The average Bonchev–Trinajstić information content (AvgIpc) is 2.15. The molecular formula is C9H8F3NO. The molecule has 1 rings (SSSR count). The smallest absolute Gasteiger partial charge is 0.266 e. The Morgan fingerprint density at radius 3 is 2.50 bits per heavy atom. The Morgan fingerprint density at radius 1 is 1.43 bits per heavy atom. The molecule has 1 aromatic rings. The van der Waals surface area contributed by atoms with Gasteiger partial charge >= 0.3 is 0 Å². The van der Waals surface area contributed by atoms with Gasteiger partial charge in [0.25, 0.3) is 12.3 Å². The maximum atomic E-state index is 12.9. The van der Waals surface area contributed by atoms with Gasteiger partial charge in [0.1, 0.15) is 5.82 Å². The van der Waals surface area contributed by atoms with Gasteiger partial charge in [-0.15, -0.1) is 0 Å². The van der Waals surface area contributed by atoms with Crippen molar-refractivity contribution in [2.45, 2.75) is 6.43 Å². The summed E-state index contributed by atoms with van der Waals surface area (Å²) < 4.78 is 37.1. The summed E-state index contributed by atoms with van der Waals surface area (Å²) in [5, 5.41) is 2.26. The zero-order valence-corrected chi connectivity index (χ0v) is 7.35. The molecule has 1 N–H and O–H groups in total. The van der Waals surface area contributed by atoms with Gasteiger partial charge in [-0.2, -0.15) is 0 Å². The molecule has 0 aliphatic carbocycles. The number of hydrogen-bond acceptors (Lipinski definition) is 1. The third-order valence-electron chi connectivity index (χ3n) is 1.72. The van der Waals surface area contributed by atoms with Gasteiger partial charge in [-0.3, -0.25) is 4.79 Å². The molecule has 0 spiro atoms. The fourth-order valence-electron chi connectivity index (χ4n) is 0.990. The second kappa shape index (κ2) is 4.13. The van der Waals surface area contributed by atoms with E-state index in [1.54, 1.807) is 0 Å². The molecule has 76 valence electrons. The van der Waals surface area contributed by atoms with Gasteiger partial charge in [0.05, 0.1) is 5.56 Å². The minimum absolute atomic E-state index is 0.0226. The maximum Gasteiger partial charge on any atom is 0.266 e. The highest BCUT2D eigenvalue weighted by Crippen LogP contribution is 2.22. The van der Waals surface area contributed by atoms with E-state index < -0.39 is 23.7 Å². The Bertz CT molecular complexity index is 352. The molecule has 5 heteroatoms. The number of amides is 1. The van der Waals surface area contributed by atoms with E-state index in [-0.39, 0.29) is 5.56 Å². The highest BCUT2D eigenvalue weighted by Gasteiger charge is 2.14. The molecular weight excluding hydrogens is 195 g/mol. The number of rotatable bonds is 2. The van der Waals surface area contributed by atoms with Gasteiger partial charge in [0.15, 0.2) is 0 Å². The summed E-state index contributed by atoms with van der Waals surface area (Å²) in [6, 6.07) is 2.86. The third-order valence-corrected chi connectivity index (χ3v) is 1.72. The van der Waals surface area contributed by atoms with Crippen LogP contribution in [0.25, 0.3) is 0 Å². The van der Waals surface area contributed by atoms with Crippen LogP contribution in [0.15, 0.2) is 18.2 Å². The third kappa shape index (κ3) is 2.04. The minimum Gasteiger partial charge on any atom is -0.355 e. The normalized spacial score (nSPS) is 10.4. The summed E-state index contributed by atoms with van der Waals surface area (Å²) >= 11 is 0. The second-order valence-corrected chi connectivity index (χ2v) is 2.62. The van der Waals surface area contributed by atoms with E-state index >= 15 is 0 Å². The largest absolute Gasteiger partial charge is 0.355 e. The molecule has 0 aromatic heterocycles. The first-order valence-corrected chi connectivity index (χ1v) is 3.86. The summed E-state index contributed by atoms with van der Waals surface area (Å²) in [5.74, 6) is -1.58. The van der Waals surface area contributed by atoms with Crippen LogP contribution in [0.3, 0.4) is 0 Å². The van der Waals surface area contributed by atoms with Crippen molar-refractivity contribution in [3.63, 3.8) is 0 Å². The van der Waals surface area contributed by atoms with Crippen molar-refractivity contribution in [1.82, 2.24) is 5.32 Å². The van der Waals surface area contributed by atoms with Gasteiger partial charge in [-0.05, 0) is 18.2 Å². The molecule has 14 heavy (non-hydrogen) atoms. The molecule has 0 saturated carbocycles. The van der Waals surface area contributed by atoms with Gasteiger partial charge in [0, 0.05) is 12.6 Å². The van der Waals surface area contributed by atoms with Crippen LogP contribution < -0.4 is 5.32 Å². The van der Waals surface area contributed by atoms with Crippen LogP contribution in [0.5, 0.6) is 0 Å². The average molecular weight is 203 g/mol. The first-order chi connectivity index (χ1) is 6.56. The SMILES string of the molecule is CNC(=O)c1ccc(C(F)F)c(F)c1. The van der Waals surface area contributed by atoms with Crippen molar-refractivity contribution in [3.05, 3.63) is 35.1 Å². The van der Waals surface area contributed by atoms with Crippen LogP contribution in [-0.4, -0.2) is 13.0 Å². The molecule has 0 unspecified atom stereocenters. The lowest BCUT2D eigenvalue weighted by Gasteiger charge is -2.04. The molecule has 0 aliphatic rings. The minimum atomic E-state index is -2.87.